The molecule has 1 amide bonds. The van der Waals surface area contributed by atoms with Gasteiger partial charge in [-0.15, -0.1) is 0 Å². The number of aryl methyl sites for hydroxylation is 2. The Balaban J connectivity index is 2.40. The van der Waals surface area contributed by atoms with Crippen molar-refractivity contribution in [1.82, 2.24) is 10.2 Å². The van der Waals surface area contributed by atoms with E-state index in [0.29, 0.717) is 12.3 Å². The number of aliphatic hydroxyl groups is 1. The molecule has 0 aromatic heterocycles. The van der Waals surface area contributed by atoms with Gasteiger partial charge in [0.2, 0.25) is 0 Å². The van der Waals surface area contributed by atoms with Gasteiger partial charge in [-0.3, -0.25) is 4.79 Å². The van der Waals surface area contributed by atoms with Gasteiger partial charge in [0.1, 0.15) is 5.75 Å². The maximum Gasteiger partial charge on any atom is 0.258 e. The highest BCUT2D eigenvalue weighted by Gasteiger charge is 2.22. The van der Waals surface area contributed by atoms with Crippen LogP contribution in [-0.4, -0.2) is 55.3 Å². The van der Waals surface area contributed by atoms with E-state index in [1.54, 1.807) is 6.92 Å². The smallest absolute Gasteiger partial charge is 0.258 e. The molecule has 0 aliphatic heterocycles. The lowest BCUT2D eigenvalue weighted by Crippen LogP contribution is -2.47. The van der Waals surface area contributed by atoms with E-state index < -0.39 is 5.60 Å². The Morgan fingerprint density at radius 3 is 2.38 bits per heavy atom. The summed E-state index contributed by atoms with van der Waals surface area (Å²) in [5, 5.41) is 12.8. The first-order valence-corrected chi connectivity index (χ1v) is 7.03. The minimum atomic E-state index is -0.959. The number of likely N-dealkylation sites (N-methyl/N-ethyl adjacent to an activating group) is 1. The van der Waals surface area contributed by atoms with E-state index in [9.17, 15) is 9.90 Å². The summed E-state index contributed by atoms with van der Waals surface area (Å²) in [7, 11) is 3.75. The van der Waals surface area contributed by atoms with Crippen LogP contribution in [0.25, 0.3) is 0 Å². The highest BCUT2D eigenvalue weighted by atomic mass is 16.5. The average molecular weight is 294 g/mol. The molecule has 0 bridgehead atoms. The lowest BCUT2D eigenvalue weighted by molar-refractivity contribution is -0.124. The quantitative estimate of drug-likeness (QED) is 0.791. The number of amides is 1. The summed E-state index contributed by atoms with van der Waals surface area (Å²) in [6.07, 6.45) is 0. The highest BCUT2D eigenvalue weighted by molar-refractivity contribution is 5.77. The largest absolute Gasteiger partial charge is 0.484 e. The second-order valence-electron chi connectivity index (χ2n) is 6.12. The minimum absolute atomic E-state index is 0.0546. The SMILES string of the molecule is Cc1cc(C)cc(OCC(=O)NCC(C)(O)CN(C)C)c1. The topological polar surface area (TPSA) is 61.8 Å². The maximum absolute atomic E-state index is 11.8. The fourth-order valence-electron chi connectivity index (χ4n) is 2.24. The molecule has 1 aromatic carbocycles. The van der Waals surface area contributed by atoms with Crippen molar-refractivity contribution in [3.63, 3.8) is 0 Å². The molecular weight excluding hydrogens is 268 g/mol. The summed E-state index contributed by atoms with van der Waals surface area (Å²) in [6, 6.07) is 5.83. The van der Waals surface area contributed by atoms with Crippen molar-refractivity contribution < 1.29 is 14.6 Å². The van der Waals surface area contributed by atoms with E-state index in [2.05, 4.69) is 5.32 Å². The standard InChI is InChI=1S/C16H26N2O3/c1-12-6-13(2)8-14(7-12)21-9-15(19)17-10-16(3,20)11-18(4)5/h6-8,20H,9-11H2,1-5H3,(H,17,19). The number of carbonyl (C=O) groups excluding carboxylic acids is 1. The van der Waals surface area contributed by atoms with Crippen molar-refractivity contribution in [2.24, 2.45) is 0 Å². The van der Waals surface area contributed by atoms with Crippen LogP contribution in [-0.2, 0) is 4.79 Å². The van der Waals surface area contributed by atoms with Crippen molar-refractivity contribution in [2.75, 3.05) is 33.8 Å². The van der Waals surface area contributed by atoms with Gasteiger partial charge in [0.25, 0.3) is 5.91 Å². The van der Waals surface area contributed by atoms with Crippen LogP contribution in [0, 0.1) is 13.8 Å². The van der Waals surface area contributed by atoms with Crippen molar-refractivity contribution >= 4 is 5.91 Å². The first-order valence-electron chi connectivity index (χ1n) is 7.03. The summed E-state index contributed by atoms with van der Waals surface area (Å²) in [5.74, 6) is 0.441. The molecule has 0 heterocycles. The first-order chi connectivity index (χ1) is 9.68. The molecule has 1 atom stereocenters. The molecule has 1 unspecified atom stereocenters. The number of hydrogen-bond donors (Lipinski definition) is 2. The Hall–Kier alpha value is -1.59. The van der Waals surface area contributed by atoms with Crippen LogP contribution < -0.4 is 10.1 Å². The van der Waals surface area contributed by atoms with Gasteiger partial charge < -0.3 is 20.1 Å². The number of rotatable bonds is 7. The third-order valence-corrected chi connectivity index (χ3v) is 2.89. The predicted molar refractivity (Wildman–Crippen MR) is 83.6 cm³/mol. The van der Waals surface area contributed by atoms with E-state index in [1.807, 2.05) is 51.0 Å². The molecule has 1 aromatic rings. The van der Waals surface area contributed by atoms with Crippen molar-refractivity contribution in [3.8, 4) is 5.75 Å². The summed E-state index contributed by atoms with van der Waals surface area (Å²) in [5.41, 5.74) is 1.23. The van der Waals surface area contributed by atoms with Gasteiger partial charge >= 0.3 is 0 Å². The van der Waals surface area contributed by atoms with Gasteiger partial charge in [0, 0.05) is 13.1 Å². The molecule has 21 heavy (non-hydrogen) atoms. The van der Waals surface area contributed by atoms with E-state index in [0.717, 1.165) is 11.1 Å². The summed E-state index contributed by atoms with van der Waals surface area (Å²) in [6.45, 7) is 6.28. The number of carbonyl (C=O) groups is 1. The van der Waals surface area contributed by atoms with Gasteiger partial charge in [-0.1, -0.05) is 6.07 Å². The van der Waals surface area contributed by atoms with Crippen molar-refractivity contribution in [1.29, 1.82) is 0 Å². The average Bonchev–Trinajstić information content (AvgIpc) is 2.31. The maximum atomic E-state index is 11.8. The fourth-order valence-corrected chi connectivity index (χ4v) is 2.24. The van der Waals surface area contributed by atoms with E-state index in [-0.39, 0.29) is 19.1 Å². The Morgan fingerprint density at radius 1 is 1.29 bits per heavy atom. The molecule has 0 saturated carbocycles. The van der Waals surface area contributed by atoms with Crippen LogP contribution in [0.3, 0.4) is 0 Å². The number of benzene rings is 1. The number of ether oxygens (including phenoxy) is 1. The molecule has 1 rings (SSSR count). The number of hydrogen-bond acceptors (Lipinski definition) is 4. The molecule has 5 nitrogen and oxygen atoms in total. The van der Waals surface area contributed by atoms with Crippen LogP contribution in [0.15, 0.2) is 18.2 Å². The van der Waals surface area contributed by atoms with Crippen LogP contribution in [0.2, 0.25) is 0 Å². The van der Waals surface area contributed by atoms with E-state index >= 15 is 0 Å². The third kappa shape index (κ3) is 7.11. The number of nitrogens with one attached hydrogen (secondary N) is 1. The van der Waals surface area contributed by atoms with Crippen LogP contribution >= 0.6 is 0 Å². The molecule has 0 radical (unpaired) electrons. The normalized spacial score (nSPS) is 13.9. The first kappa shape index (κ1) is 17.5. The molecule has 2 N–H and O–H groups in total. The molecule has 118 valence electrons. The zero-order valence-electron chi connectivity index (χ0n) is 13.6. The summed E-state index contributed by atoms with van der Waals surface area (Å²) >= 11 is 0. The van der Waals surface area contributed by atoms with E-state index in [4.69, 9.17) is 4.74 Å². The molecule has 0 spiro atoms. The molecule has 0 saturated heterocycles. The van der Waals surface area contributed by atoms with E-state index in [1.165, 1.54) is 0 Å². The summed E-state index contributed by atoms with van der Waals surface area (Å²) in [4.78, 5) is 13.6. The zero-order chi connectivity index (χ0) is 16.0. The number of nitrogens with zero attached hydrogens (tertiary/aromatic N) is 1. The Kier molecular flexibility index (Phi) is 6.18. The predicted octanol–water partition coefficient (Wildman–Crippen LogP) is 1.11. The Bertz CT molecular complexity index is 464. The fraction of sp³-hybridized carbons (Fsp3) is 0.562. The monoisotopic (exact) mass is 294 g/mol. The van der Waals surface area contributed by atoms with Crippen LogP contribution in [0.4, 0.5) is 0 Å². The minimum Gasteiger partial charge on any atom is -0.484 e. The second-order valence-corrected chi connectivity index (χ2v) is 6.12. The van der Waals surface area contributed by atoms with Gasteiger partial charge in [-0.05, 0) is 58.1 Å². The van der Waals surface area contributed by atoms with Crippen molar-refractivity contribution in [2.45, 2.75) is 26.4 Å². The van der Waals surface area contributed by atoms with Gasteiger partial charge in [-0.2, -0.15) is 0 Å². The summed E-state index contributed by atoms with van der Waals surface area (Å²) < 4.78 is 5.47. The lowest BCUT2D eigenvalue weighted by Gasteiger charge is -2.27. The van der Waals surface area contributed by atoms with Gasteiger partial charge in [0.05, 0.1) is 5.60 Å². The second kappa shape index (κ2) is 7.43. The third-order valence-electron chi connectivity index (χ3n) is 2.89. The van der Waals surface area contributed by atoms with Crippen LogP contribution in [0.1, 0.15) is 18.1 Å². The van der Waals surface area contributed by atoms with Crippen LogP contribution in [0.5, 0.6) is 5.75 Å². The molecule has 0 fully saturated rings. The lowest BCUT2D eigenvalue weighted by atomic mass is 10.1. The Labute approximate surface area is 126 Å². The molecule has 5 heteroatoms. The Morgan fingerprint density at radius 2 is 1.86 bits per heavy atom. The highest BCUT2D eigenvalue weighted by Crippen LogP contribution is 2.15. The molecular formula is C16H26N2O3. The molecule has 0 aliphatic carbocycles. The van der Waals surface area contributed by atoms with Crippen molar-refractivity contribution in [3.05, 3.63) is 29.3 Å². The molecule has 0 aliphatic rings. The van der Waals surface area contributed by atoms with Gasteiger partial charge in [-0.25, -0.2) is 0 Å². The van der Waals surface area contributed by atoms with Gasteiger partial charge in [0.15, 0.2) is 6.61 Å². The zero-order valence-corrected chi connectivity index (χ0v) is 13.6.